The molecule has 1 atom stereocenters. The third kappa shape index (κ3) is 4.78. The van der Waals surface area contributed by atoms with E-state index in [0.717, 1.165) is 38.4 Å². The first-order valence-corrected chi connectivity index (χ1v) is 9.63. The molecule has 2 heterocycles. The lowest BCUT2D eigenvalue weighted by Crippen LogP contribution is -2.43. The highest BCUT2D eigenvalue weighted by Crippen LogP contribution is 2.21. The normalized spacial score (nSPS) is 16.2. The van der Waals surface area contributed by atoms with Crippen molar-refractivity contribution in [1.29, 1.82) is 0 Å². The molecule has 138 valence electrons. The zero-order chi connectivity index (χ0) is 18.5. The topological polar surface area (TPSA) is 58.6 Å². The average Bonchev–Trinajstić information content (AvgIpc) is 3.13. The van der Waals surface area contributed by atoms with Crippen molar-refractivity contribution in [2.24, 2.45) is 0 Å². The van der Waals surface area contributed by atoms with Gasteiger partial charge >= 0.3 is 0 Å². The van der Waals surface area contributed by atoms with Crippen LogP contribution in [0, 0.1) is 6.92 Å². The SMILES string of the molecule is CC(=O)c1ccc(C(=O)N[C@@H](CN2CCOCC2)c2ccc(C)cc2)s1. The third-order valence-electron chi connectivity index (χ3n) is 4.51. The van der Waals surface area contributed by atoms with Crippen molar-refractivity contribution in [1.82, 2.24) is 10.2 Å². The van der Waals surface area contributed by atoms with Gasteiger partial charge in [0.2, 0.25) is 0 Å². The van der Waals surface area contributed by atoms with E-state index in [-0.39, 0.29) is 17.7 Å². The molecule has 0 aliphatic carbocycles. The van der Waals surface area contributed by atoms with E-state index in [4.69, 9.17) is 4.74 Å². The first kappa shape index (κ1) is 18.8. The molecule has 2 aromatic rings. The van der Waals surface area contributed by atoms with E-state index in [2.05, 4.69) is 34.5 Å². The molecule has 1 amide bonds. The minimum atomic E-state index is -0.138. The van der Waals surface area contributed by atoms with Gasteiger partial charge in [0, 0.05) is 19.6 Å². The molecule has 3 rings (SSSR count). The van der Waals surface area contributed by atoms with Gasteiger partial charge in [-0.2, -0.15) is 0 Å². The minimum absolute atomic E-state index is 0.0162. The molecule has 1 N–H and O–H groups in total. The standard InChI is InChI=1S/C20H24N2O3S/c1-14-3-5-16(6-4-14)17(13-22-9-11-25-12-10-22)21-20(24)19-8-7-18(26-19)15(2)23/h3-8,17H,9-13H2,1-2H3,(H,21,24)/t17-/m0/s1. The van der Waals surface area contributed by atoms with E-state index in [0.29, 0.717) is 9.75 Å². The number of ketones is 1. The molecule has 0 bridgehead atoms. The molecule has 0 radical (unpaired) electrons. The summed E-state index contributed by atoms with van der Waals surface area (Å²) in [4.78, 5) is 27.7. The number of ether oxygens (including phenoxy) is 1. The highest BCUT2D eigenvalue weighted by atomic mass is 32.1. The van der Waals surface area contributed by atoms with Crippen LogP contribution in [0.25, 0.3) is 0 Å². The van der Waals surface area contributed by atoms with E-state index in [1.165, 1.54) is 23.8 Å². The summed E-state index contributed by atoms with van der Waals surface area (Å²) in [6.07, 6.45) is 0. The summed E-state index contributed by atoms with van der Waals surface area (Å²) in [5, 5.41) is 3.15. The summed E-state index contributed by atoms with van der Waals surface area (Å²) >= 11 is 1.24. The molecule has 1 saturated heterocycles. The van der Waals surface area contributed by atoms with Crippen molar-refractivity contribution in [3.05, 3.63) is 57.3 Å². The van der Waals surface area contributed by atoms with E-state index in [1.807, 2.05) is 6.92 Å². The molecule has 0 unspecified atom stereocenters. The predicted molar refractivity (Wildman–Crippen MR) is 103 cm³/mol. The van der Waals surface area contributed by atoms with Crippen LogP contribution in [-0.4, -0.2) is 49.4 Å². The Morgan fingerprint density at radius 1 is 1.12 bits per heavy atom. The predicted octanol–water partition coefficient (Wildman–Crippen LogP) is 3.06. The second-order valence-electron chi connectivity index (χ2n) is 6.57. The Hall–Kier alpha value is -2.02. The van der Waals surface area contributed by atoms with E-state index < -0.39 is 0 Å². The maximum absolute atomic E-state index is 12.7. The molecule has 0 spiro atoms. The van der Waals surface area contributed by atoms with E-state index >= 15 is 0 Å². The van der Waals surface area contributed by atoms with Gasteiger partial charge in [0.15, 0.2) is 5.78 Å². The Bertz CT molecular complexity index is 764. The zero-order valence-corrected chi connectivity index (χ0v) is 16.0. The average molecular weight is 372 g/mol. The summed E-state index contributed by atoms with van der Waals surface area (Å²) in [7, 11) is 0. The zero-order valence-electron chi connectivity index (χ0n) is 15.2. The van der Waals surface area contributed by atoms with Gasteiger partial charge in [-0.05, 0) is 31.5 Å². The Labute approximate surface area is 158 Å². The monoisotopic (exact) mass is 372 g/mol. The highest BCUT2D eigenvalue weighted by Gasteiger charge is 2.21. The number of aryl methyl sites for hydroxylation is 1. The van der Waals surface area contributed by atoms with Gasteiger partial charge in [0.25, 0.3) is 5.91 Å². The van der Waals surface area contributed by atoms with Crippen molar-refractivity contribution in [3.63, 3.8) is 0 Å². The number of carbonyl (C=O) groups is 2. The molecule has 1 aromatic heterocycles. The number of carbonyl (C=O) groups excluding carboxylic acids is 2. The number of benzene rings is 1. The number of hydrogen-bond donors (Lipinski definition) is 1. The Morgan fingerprint density at radius 2 is 1.77 bits per heavy atom. The Balaban J connectivity index is 1.76. The molecule has 0 saturated carbocycles. The van der Waals surface area contributed by atoms with Gasteiger partial charge < -0.3 is 10.1 Å². The largest absolute Gasteiger partial charge is 0.379 e. The Morgan fingerprint density at radius 3 is 2.38 bits per heavy atom. The number of nitrogens with one attached hydrogen (secondary N) is 1. The molecule has 6 heteroatoms. The van der Waals surface area contributed by atoms with E-state index in [1.54, 1.807) is 12.1 Å². The van der Waals surface area contributed by atoms with Crippen molar-refractivity contribution >= 4 is 23.0 Å². The maximum Gasteiger partial charge on any atom is 0.261 e. The van der Waals surface area contributed by atoms with Crippen LogP contribution in [0.4, 0.5) is 0 Å². The van der Waals surface area contributed by atoms with Gasteiger partial charge in [-0.1, -0.05) is 29.8 Å². The summed E-state index contributed by atoms with van der Waals surface area (Å²) in [6.45, 7) is 7.48. The first-order valence-electron chi connectivity index (χ1n) is 8.81. The van der Waals surface area contributed by atoms with Crippen LogP contribution in [0.15, 0.2) is 36.4 Å². The molecular formula is C20H24N2O3S. The number of rotatable bonds is 6. The second-order valence-corrected chi connectivity index (χ2v) is 7.65. The summed E-state index contributed by atoms with van der Waals surface area (Å²) in [5.41, 5.74) is 2.27. The number of Topliss-reactive ketones (excluding diaryl/α,β-unsaturated/α-hetero) is 1. The molecule has 26 heavy (non-hydrogen) atoms. The fourth-order valence-corrected chi connectivity index (χ4v) is 3.76. The van der Waals surface area contributed by atoms with Crippen LogP contribution in [-0.2, 0) is 4.74 Å². The van der Waals surface area contributed by atoms with E-state index in [9.17, 15) is 9.59 Å². The molecule has 5 nitrogen and oxygen atoms in total. The van der Waals surface area contributed by atoms with Crippen LogP contribution >= 0.6 is 11.3 Å². The third-order valence-corrected chi connectivity index (χ3v) is 5.69. The molecule has 1 fully saturated rings. The number of thiophene rings is 1. The number of amides is 1. The van der Waals surface area contributed by atoms with Crippen LogP contribution in [0.3, 0.4) is 0 Å². The van der Waals surface area contributed by atoms with Crippen molar-refractivity contribution in [3.8, 4) is 0 Å². The number of hydrogen-bond acceptors (Lipinski definition) is 5. The van der Waals surface area contributed by atoms with Crippen LogP contribution < -0.4 is 5.32 Å². The minimum Gasteiger partial charge on any atom is -0.379 e. The summed E-state index contributed by atoms with van der Waals surface area (Å²) < 4.78 is 5.42. The van der Waals surface area contributed by atoms with Gasteiger partial charge in [0.1, 0.15) is 0 Å². The first-order chi connectivity index (χ1) is 12.5. The van der Waals surface area contributed by atoms with Crippen LogP contribution in [0.5, 0.6) is 0 Å². The van der Waals surface area contributed by atoms with Crippen LogP contribution in [0.2, 0.25) is 0 Å². The number of nitrogens with zero attached hydrogens (tertiary/aromatic N) is 1. The van der Waals surface area contributed by atoms with Crippen molar-refractivity contribution in [2.45, 2.75) is 19.9 Å². The van der Waals surface area contributed by atoms with Gasteiger partial charge in [-0.25, -0.2) is 0 Å². The lowest BCUT2D eigenvalue weighted by atomic mass is 10.0. The maximum atomic E-state index is 12.7. The lowest BCUT2D eigenvalue weighted by molar-refractivity contribution is 0.0332. The quantitative estimate of drug-likeness (QED) is 0.792. The molecule has 1 aromatic carbocycles. The Kier molecular flexibility index (Phi) is 6.19. The van der Waals surface area contributed by atoms with Gasteiger partial charge in [0.05, 0.1) is 29.0 Å². The highest BCUT2D eigenvalue weighted by molar-refractivity contribution is 7.15. The molecule has 1 aliphatic heterocycles. The van der Waals surface area contributed by atoms with Crippen LogP contribution in [0.1, 0.15) is 43.4 Å². The second kappa shape index (κ2) is 8.58. The summed E-state index contributed by atoms with van der Waals surface area (Å²) in [5.74, 6) is -0.154. The molecular weight excluding hydrogens is 348 g/mol. The van der Waals surface area contributed by atoms with Crippen molar-refractivity contribution < 1.29 is 14.3 Å². The van der Waals surface area contributed by atoms with Gasteiger partial charge in [-0.3, -0.25) is 14.5 Å². The fourth-order valence-electron chi connectivity index (χ4n) is 2.95. The van der Waals surface area contributed by atoms with Crippen molar-refractivity contribution in [2.75, 3.05) is 32.8 Å². The smallest absolute Gasteiger partial charge is 0.261 e. The van der Waals surface area contributed by atoms with Gasteiger partial charge in [-0.15, -0.1) is 11.3 Å². The lowest BCUT2D eigenvalue weighted by Gasteiger charge is -2.31. The fraction of sp³-hybridized carbons (Fsp3) is 0.400. The molecule has 1 aliphatic rings. The number of morpholine rings is 1. The summed E-state index contributed by atoms with van der Waals surface area (Å²) in [6, 6.07) is 11.6.